The molecule has 2 amide bonds. The fourth-order valence-corrected chi connectivity index (χ4v) is 6.80. The molecule has 7 rings (SSSR count). The maximum Gasteiger partial charge on any atom is 0.258 e. The van der Waals surface area contributed by atoms with Gasteiger partial charge in [-0.1, -0.05) is 29.5 Å². The van der Waals surface area contributed by atoms with Gasteiger partial charge in [-0.15, -0.1) is 10.2 Å². The zero-order valence-electron chi connectivity index (χ0n) is 25.9. The van der Waals surface area contributed by atoms with Crippen molar-refractivity contribution in [2.75, 3.05) is 20.2 Å². The van der Waals surface area contributed by atoms with Gasteiger partial charge < -0.3 is 23.8 Å². The summed E-state index contributed by atoms with van der Waals surface area (Å²) in [6, 6.07) is 13.8. The van der Waals surface area contributed by atoms with Crippen molar-refractivity contribution >= 4 is 23.2 Å². The average molecular weight is 629 g/mol. The van der Waals surface area contributed by atoms with Crippen LogP contribution in [0.3, 0.4) is 0 Å². The Labute approximate surface area is 265 Å². The lowest BCUT2D eigenvalue weighted by molar-refractivity contribution is -0.129. The molecule has 2 aliphatic heterocycles. The first-order valence-electron chi connectivity index (χ1n) is 15.4. The highest BCUT2D eigenvalue weighted by molar-refractivity contribution is 7.14. The normalized spacial score (nSPS) is 20.4. The predicted molar refractivity (Wildman–Crippen MR) is 166 cm³/mol. The number of methoxy groups -OCH3 is 1. The van der Waals surface area contributed by atoms with E-state index in [0.29, 0.717) is 73.2 Å². The highest BCUT2D eigenvalue weighted by atomic mass is 32.1. The molecule has 45 heavy (non-hydrogen) atoms. The molecule has 4 heterocycles. The lowest BCUT2D eigenvalue weighted by Crippen LogP contribution is -2.27. The average Bonchev–Trinajstić information content (AvgIpc) is 3.37. The van der Waals surface area contributed by atoms with E-state index in [1.165, 1.54) is 11.3 Å². The van der Waals surface area contributed by atoms with Crippen LogP contribution in [0.1, 0.15) is 68.8 Å². The Morgan fingerprint density at radius 1 is 1.00 bits per heavy atom. The summed E-state index contributed by atoms with van der Waals surface area (Å²) in [6.45, 7) is 7.80. The summed E-state index contributed by atoms with van der Waals surface area (Å²) in [5.41, 5.74) is 1.99. The third kappa shape index (κ3) is 6.08. The van der Waals surface area contributed by atoms with E-state index in [2.05, 4.69) is 27.3 Å². The van der Waals surface area contributed by atoms with Crippen LogP contribution in [0, 0.1) is 5.92 Å². The van der Waals surface area contributed by atoms with Crippen LogP contribution in [-0.4, -0.2) is 68.2 Å². The van der Waals surface area contributed by atoms with Crippen molar-refractivity contribution in [2.24, 2.45) is 5.92 Å². The van der Waals surface area contributed by atoms with Crippen molar-refractivity contribution in [1.82, 2.24) is 30.1 Å². The van der Waals surface area contributed by atoms with Crippen LogP contribution in [0.2, 0.25) is 0 Å². The molecule has 2 atom stereocenters. The summed E-state index contributed by atoms with van der Waals surface area (Å²) in [5.74, 6) is 2.70. The van der Waals surface area contributed by atoms with Crippen molar-refractivity contribution in [3.63, 3.8) is 0 Å². The second-order valence-electron chi connectivity index (χ2n) is 12.8. The summed E-state index contributed by atoms with van der Waals surface area (Å²) >= 11 is 1.49. The van der Waals surface area contributed by atoms with E-state index in [1.54, 1.807) is 7.11 Å². The first-order valence-corrected chi connectivity index (χ1v) is 16.2. The molecule has 4 aromatic rings. The van der Waals surface area contributed by atoms with Gasteiger partial charge in [0.05, 0.1) is 0 Å². The van der Waals surface area contributed by atoms with E-state index in [9.17, 15) is 9.59 Å². The van der Waals surface area contributed by atoms with Gasteiger partial charge >= 0.3 is 0 Å². The standard InChI is InChI=1S/C33H36N6O5S/c1-19-13-27(40)38(16-19)17-22-6-5-21(30-34-29(37-44-30)23-15-28(41)39(18-23)24-9-10-24)14-26(22)43-25-11-7-20(8-12-25)31-35-36-32(45-31)33(2,3)42-4/h5-8,11-12,14,19,23-24H,9-10,13,15-18H2,1-4H3. The minimum Gasteiger partial charge on any atom is -0.457 e. The van der Waals surface area contributed by atoms with E-state index in [-0.39, 0.29) is 17.7 Å². The Hall–Kier alpha value is -4.16. The molecule has 0 radical (unpaired) electrons. The lowest BCUT2D eigenvalue weighted by atomic mass is 10.1. The quantitative estimate of drug-likeness (QED) is 0.215. The molecule has 234 valence electrons. The van der Waals surface area contributed by atoms with Gasteiger partial charge in [0.15, 0.2) is 5.82 Å². The van der Waals surface area contributed by atoms with Crippen LogP contribution < -0.4 is 4.74 Å². The zero-order valence-corrected chi connectivity index (χ0v) is 26.7. The number of hydrogen-bond acceptors (Lipinski definition) is 10. The van der Waals surface area contributed by atoms with Crippen molar-refractivity contribution in [2.45, 2.75) is 70.6 Å². The fraction of sp³-hybridized carbons (Fsp3) is 0.455. The molecule has 2 unspecified atom stereocenters. The molecular formula is C33H36N6O5S. The molecule has 2 aromatic heterocycles. The number of aromatic nitrogens is 4. The fourth-order valence-electron chi connectivity index (χ4n) is 5.87. The Bertz CT molecular complexity index is 1730. The number of carbonyl (C=O) groups is 2. The molecule has 0 N–H and O–H groups in total. The van der Waals surface area contributed by atoms with E-state index < -0.39 is 5.60 Å². The lowest BCUT2D eigenvalue weighted by Gasteiger charge is -2.19. The summed E-state index contributed by atoms with van der Waals surface area (Å²) in [4.78, 5) is 33.6. The zero-order chi connectivity index (χ0) is 31.3. The van der Waals surface area contributed by atoms with Gasteiger partial charge in [0.1, 0.15) is 27.1 Å². The Balaban J connectivity index is 1.14. The molecule has 0 spiro atoms. The maximum atomic E-state index is 12.6. The molecule has 0 bridgehead atoms. The van der Waals surface area contributed by atoms with Crippen molar-refractivity contribution < 1.29 is 23.6 Å². The van der Waals surface area contributed by atoms with Crippen molar-refractivity contribution in [1.29, 1.82) is 0 Å². The first-order chi connectivity index (χ1) is 21.7. The Morgan fingerprint density at radius 2 is 1.78 bits per heavy atom. The molecule has 2 saturated heterocycles. The SMILES string of the molecule is COC(C)(C)c1nnc(-c2ccc(Oc3cc(-c4nc(C5CC(=O)N(C6CC6)C5)no4)ccc3CN3CC(C)CC3=O)cc2)s1. The molecule has 3 fully saturated rings. The Morgan fingerprint density at radius 3 is 2.49 bits per heavy atom. The van der Waals surface area contributed by atoms with Gasteiger partial charge in [-0.2, -0.15) is 4.98 Å². The minimum absolute atomic E-state index is 0.0723. The number of likely N-dealkylation sites (tertiary alicyclic amines) is 2. The third-order valence-electron chi connectivity index (χ3n) is 8.82. The highest BCUT2D eigenvalue weighted by Gasteiger charge is 2.41. The number of ether oxygens (including phenoxy) is 2. The maximum absolute atomic E-state index is 12.6. The number of amides is 2. The second-order valence-corrected chi connectivity index (χ2v) is 13.8. The van der Waals surface area contributed by atoms with Crippen LogP contribution in [0.15, 0.2) is 47.0 Å². The van der Waals surface area contributed by atoms with Crippen LogP contribution in [0.25, 0.3) is 22.0 Å². The minimum atomic E-state index is -0.514. The number of nitrogens with zero attached hydrogens (tertiary/aromatic N) is 6. The molecule has 12 heteroatoms. The van der Waals surface area contributed by atoms with Crippen LogP contribution >= 0.6 is 11.3 Å². The van der Waals surface area contributed by atoms with Crippen molar-refractivity contribution in [3.05, 3.63) is 58.9 Å². The third-order valence-corrected chi connectivity index (χ3v) is 10.1. The second kappa shape index (κ2) is 11.6. The van der Waals surface area contributed by atoms with Crippen molar-refractivity contribution in [3.8, 4) is 33.5 Å². The molecule has 1 aliphatic carbocycles. The smallest absolute Gasteiger partial charge is 0.258 e. The van der Waals surface area contributed by atoms with Gasteiger partial charge in [0, 0.05) is 68.2 Å². The summed E-state index contributed by atoms with van der Waals surface area (Å²) in [5, 5.41) is 14.5. The van der Waals surface area contributed by atoms with Crippen LogP contribution in [-0.2, 0) is 26.5 Å². The number of hydrogen-bond donors (Lipinski definition) is 0. The van der Waals surface area contributed by atoms with Gasteiger partial charge in [0.2, 0.25) is 11.8 Å². The molecule has 3 aliphatic rings. The largest absolute Gasteiger partial charge is 0.457 e. The van der Waals surface area contributed by atoms with E-state index in [1.807, 2.05) is 66.1 Å². The summed E-state index contributed by atoms with van der Waals surface area (Å²) in [6.07, 6.45) is 3.11. The topological polar surface area (TPSA) is 124 Å². The van der Waals surface area contributed by atoms with Gasteiger partial charge in [-0.3, -0.25) is 9.59 Å². The molecule has 11 nitrogen and oxygen atoms in total. The van der Waals surface area contributed by atoms with Gasteiger partial charge in [0.25, 0.3) is 5.89 Å². The van der Waals surface area contributed by atoms with Gasteiger partial charge in [-0.25, -0.2) is 0 Å². The molecular weight excluding hydrogens is 592 g/mol. The molecule has 1 saturated carbocycles. The summed E-state index contributed by atoms with van der Waals surface area (Å²) in [7, 11) is 1.66. The first kappa shape index (κ1) is 29.5. The summed E-state index contributed by atoms with van der Waals surface area (Å²) < 4.78 is 17.7. The number of benzene rings is 2. The predicted octanol–water partition coefficient (Wildman–Crippen LogP) is 5.78. The monoisotopic (exact) mass is 628 g/mol. The van der Waals surface area contributed by atoms with E-state index in [0.717, 1.165) is 34.0 Å². The van der Waals surface area contributed by atoms with Crippen LogP contribution in [0.4, 0.5) is 0 Å². The van der Waals surface area contributed by atoms with Gasteiger partial charge in [-0.05, 0) is 69.0 Å². The highest BCUT2D eigenvalue weighted by Crippen LogP contribution is 2.38. The molecule has 2 aromatic carbocycles. The van der Waals surface area contributed by atoms with E-state index in [4.69, 9.17) is 14.0 Å². The van der Waals surface area contributed by atoms with Crippen LogP contribution in [0.5, 0.6) is 11.5 Å². The Kier molecular flexibility index (Phi) is 7.65. The van der Waals surface area contributed by atoms with E-state index >= 15 is 0 Å². The number of carbonyl (C=O) groups excluding carboxylic acids is 2. The number of rotatable bonds is 10.